The number of halogens is 1. The van der Waals surface area contributed by atoms with Gasteiger partial charge in [0.1, 0.15) is 23.6 Å². The molecular weight excluding hydrogens is 349 g/mol. The summed E-state index contributed by atoms with van der Waals surface area (Å²) in [7, 11) is 0. The van der Waals surface area contributed by atoms with Gasteiger partial charge in [0.15, 0.2) is 0 Å². The number of amides is 1. The highest BCUT2D eigenvalue weighted by Crippen LogP contribution is 2.22. The van der Waals surface area contributed by atoms with Crippen molar-refractivity contribution < 1.29 is 18.7 Å². The number of carbonyl (C=O) groups excluding carboxylic acids is 1. The number of pyridine rings is 1. The minimum absolute atomic E-state index is 0.00324. The predicted molar refractivity (Wildman–Crippen MR) is 102 cm³/mol. The van der Waals surface area contributed by atoms with E-state index < -0.39 is 11.7 Å². The zero-order chi connectivity index (χ0) is 19.4. The lowest BCUT2D eigenvalue weighted by molar-refractivity contribution is 0.0531. The lowest BCUT2D eigenvalue weighted by Gasteiger charge is -2.20. The average molecular weight is 371 g/mol. The van der Waals surface area contributed by atoms with Gasteiger partial charge in [-0.15, -0.1) is 0 Å². The van der Waals surface area contributed by atoms with Crippen molar-refractivity contribution >= 4 is 22.8 Å². The molecule has 142 valence electrons. The van der Waals surface area contributed by atoms with E-state index in [0.29, 0.717) is 17.7 Å². The van der Waals surface area contributed by atoms with Gasteiger partial charge in [0, 0.05) is 24.4 Å². The van der Waals surface area contributed by atoms with Gasteiger partial charge in [-0.05, 0) is 45.0 Å². The van der Waals surface area contributed by atoms with E-state index in [-0.39, 0.29) is 13.2 Å². The van der Waals surface area contributed by atoms with E-state index in [2.05, 4.69) is 10.3 Å². The molecule has 0 unspecified atom stereocenters. The molecule has 0 aliphatic heterocycles. The Morgan fingerprint density at radius 1 is 1.30 bits per heavy atom. The molecule has 0 aliphatic carbocycles. The second-order valence-electron chi connectivity index (χ2n) is 7.10. The van der Waals surface area contributed by atoms with Crippen LogP contribution in [0.2, 0.25) is 0 Å². The minimum atomic E-state index is -0.608. The van der Waals surface area contributed by atoms with Gasteiger partial charge in [0.25, 0.3) is 0 Å². The summed E-state index contributed by atoms with van der Waals surface area (Å²) in [6.45, 7) is 5.30. The van der Waals surface area contributed by atoms with Gasteiger partial charge < -0.3 is 14.8 Å². The van der Waals surface area contributed by atoms with Crippen LogP contribution < -0.4 is 10.1 Å². The van der Waals surface area contributed by atoms with Crippen LogP contribution in [0.3, 0.4) is 0 Å². The number of hydrogen-bond donors (Lipinski definition) is 1. The van der Waals surface area contributed by atoms with Crippen LogP contribution in [0.5, 0.6) is 5.75 Å². The first-order valence-corrected chi connectivity index (χ1v) is 8.60. The molecule has 6 nitrogen and oxygen atoms in total. The molecule has 3 rings (SSSR count). The van der Waals surface area contributed by atoms with Gasteiger partial charge in [-0.1, -0.05) is 6.07 Å². The molecule has 0 radical (unpaired) electrons. The molecule has 2 heterocycles. The Morgan fingerprint density at radius 2 is 2.11 bits per heavy atom. The predicted octanol–water partition coefficient (Wildman–Crippen LogP) is 4.24. The van der Waals surface area contributed by atoms with Crippen molar-refractivity contribution in [3.8, 4) is 5.75 Å². The van der Waals surface area contributed by atoms with Gasteiger partial charge in [-0.25, -0.2) is 14.2 Å². The standard InChI is InChI=1S/C20H22FN3O3/c1-20(2,3)27-19(25)22-12-14(11-21)13-26-15-7-8-16-17(10-15)24-9-5-4-6-18(24)23-16/h4-11H,12-13H2,1-3H3,(H,22,25). The average Bonchev–Trinajstić information content (AvgIpc) is 2.98. The monoisotopic (exact) mass is 371 g/mol. The fraction of sp³-hybridized carbons (Fsp3) is 0.300. The SMILES string of the molecule is CC(C)(C)OC(=O)NCC(=CF)COc1ccc2nc3ccccn3c2c1. The second-order valence-corrected chi connectivity index (χ2v) is 7.10. The van der Waals surface area contributed by atoms with Crippen LogP contribution in [0, 0.1) is 0 Å². The van der Waals surface area contributed by atoms with Crippen molar-refractivity contribution in [2.45, 2.75) is 26.4 Å². The van der Waals surface area contributed by atoms with E-state index in [1.807, 2.05) is 40.9 Å². The van der Waals surface area contributed by atoms with E-state index in [4.69, 9.17) is 9.47 Å². The highest BCUT2D eigenvalue weighted by Gasteiger charge is 2.16. The number of carbonyl (C=O) groups is 1. The number of fused-ring (bicyclic) bond motifs is 3. The molecule has 0 fully saturated rings. The number of benzene rings is 1. The topological polar surface area (TPSA) is 64.9 Å². The summed E-state index contributed by atoms with van der Waals surface area (Å²) in [5, 5.41) is 2.51. The largest absolute Gasteiger partial charge is 0.489 e. The molecule has 1 amide bonds. The molecule has 0 spiro atoms. The smallest absolute Gasteiger partial charge is 0.407 e. The normalized spacial score (nSPS) is 12.4. The van der Waals surface area contributed by atoms with Crippen molar-refractivity contribution in [2.75, 3.05) is 13.2 Å². The first kappa shape index (κ1) is 18.7. The molecule has 0 atom stereocenters. The number of hydrogen-bond acceptors (Lipinski definition) is 4. The van der Waals surface area contributed by atoms with Crippen LogP contribution >= 0.6 is 0 Å². The van der Waals surface area contributed by atoms with Crippen LogP contribution in [0.15, 0.2) is 54.5 Å². The van der Waals surface area contributed by atoms with Crippen LogP contribution in [0.25, 0.3) is 16.7 Å². The summed E-state index contributed by atoms with van der Waals surface area (Å²) in [5.41, 5.74) is 2.28. The Kier molecular flexibility index (Phi) is 5.30. The fourth-order valence-electron chi connectivity index (χ4n) is 2.53. The first-order valence-electron chi connectivity index (χ1n) is 8.60. The quantitative estimate of drug-likeness (QED) is 0.728. The maximum atomic E-state index is 13.1. The number of rotatable bonds is 5. The third-order valence-electron chi connectivity index (χ3n) is 3.72. The van der Waals surface area contributed by atoms with Crippen molar-refractivity contribution in [2.24, 2.45) is 0 Å². The third-order valence-corrected chi connectivity index (χ3v) is 3.72. The molecule has 1 N–H and O–H groups in total. The molecule has 27 heavy (non-hydrogen) atoms. The number of nitrogens with zero attached hydrogens (tertiary/aromatic N) is 2. The van der Waals surface area contributed by atoms with Gasteiger partial charge >= 0.3 is 6.09 Å². The van der Waals surface area contributed by atoms with Crippen LogP contribution in [-0.2, 0) is 4.74 Å². The molecule has 7 heteroatoms. The number of ether oxygens (including phenoxy) is 2. The van der Waals surface area contributed by atoms with Crippen molar-refractivity contribution in [3.05, 3.63) is 54.5 Å². The number of nitrogens with one attached hydrogen (secondary N) is 1. The van der Waals surface area contributed by atoms with Crippen molar-refractivity contribution in [1.82, 2.24) is 14.7 Å². The summed E-state index contributed by atoms with van der Waals surface area (Å²) < 4.78 is 25.9. The van der Waals surface area contributed by atoms with E-state index >= 15 is 0 Å². The van der Waals surface area contributed by atoms with E-state index in [1.165, 1.54) is 0 Å². The van der Waals surface area contributed by atoms with Gasteiger partial charge in [-0.3, -0.25) is 4.40 Å². The fourth-order valence-corrected chi connectivity index (χ4v) is 2.53. The Labute approximate surface area is 156 Å². The molecule has 1 aromatic carbocycles. The Balaban J connectivity index is 1.63. The van der Waals surface area contributed by atoms with Crippen LogP contribution in [0.4, 0.5) is 9.18 Å². The first-order chi connectivity index (χ1) is 12.9. The lowest BCUT2D eigenvalue weighted by Crippen LogP contribution is -2.34. The van der Waals surface area contributed by atoms with Crippen LogP contribution in [0.1, 0.15) is 20.8 Å². The summed E-state index contributed by atoms with van der Waals surface area (Å²) in [6.07, 6.45) is 1.75. The highest BCUT2D eigenvalue weighted by atomic mass is 19.1. The second kappa shape index (κ2) is 7.65. The highest BCUT2D eigenvalue weighted by molar-refractivity contribution is 5.81. The molecule has 0 saturated carbocycles. The summed E-state index contributed by atoms with van der Waals surface area (Å²) in [4.78, 5) is 16.2. The number of alkyl carbamates (subject to hydrolysis) is 1. The number of aromatic nitrogens is 2. The van der Waals surface area contributed by atoms with Crippen molar-refractivity contribution in [3.63, 3.8) is 0 Å². The Morgan fingerprint density at radius 3 is 2.85 bits per heavy atom. The lowest BCUT2D eigenvalue weighted by atomic mass is 10.2. The molecule has 3 aromatic rings. The van der Waals surface area contributed by atoms with Crippen molar-refractivity contribution in [1.29, 1.82) is 0 Å². The molecule has 0 saturated heterocycles. The minimum Gasteiger partial charge on any atom is -0.489 e. The van der Waals surface area contributed by atoms with Crippen LogP contribution in [-0.4, -0.2) is 34.2 Å². The van der Waals surface area contributed by atoms with Gasteiger partial charge in [-0.2, -0.15) is 0 Å². The summed E-state index contributed by atoms with van der Waals surface area (Å²) >= 11 is 0. The molecule has 0 aliphatic rings. The zero-order valence-corrected chi connectivity index (χ0v) is 15.5. The Hall–Kier alpha value is -3.09. The maximum Gasteiger partial charge on any atom is 0.407 e. The molecule has 0 bridgehead atoms. The molecule has 2 aromatic heterocycles. The van der Waals surface area contributed by atoms with Gasteiger partial charge in [0.2, 0.25) is 0 Å². The van der Waals surface area contributed by atoms with E-state index in [0.717, 1.165) is 16.7 Å². The van der Waals surface area contributed by atoms with E-state index in [1.54, 1.807) is 26.8 Å². The third kappa shape index (κ3) is 4.75. The summed E-state index contributed by atoms with van der Waals surface area (Å²) in [6, 6.07) is 11.3. The maximum absolute atomic E-state index is 13.1. The van der Waals surface area contributed by atoms with Gasteiger partial charge in [0.05, 0.1) is 17.4 Å². The summed E-state index contributed by atoms with van der Waals surface area (Å²) in [5.74, 6) is 0.588. The molecular formula is C20H22FN3O3. The number of imidazole rings is 1. The Bertz CT molecular complexity index is 989. The van der Waals surface area contributed by atoms with E-state index in [9.17, 15) is 9.18 Å². The zero-order valence-electron chi connectivity index (χ0n) is 15.5.